The standard InChI is InChI=1S/C16H24N2O5S.2C11H16N2O3S.C10H19NO4.C6H7NO2S.BH.ClH.U/c1-5-9-13(17-15(20)23-16(2,3)4)14(19)18-24(21,22)12-10-7-6-8-11-12;2*1-2-6-10(12)11(14)13-17(15,16)9-7-4-3-5-8-9;1-5-6-7(8(12)13)11-9(14)15-10(2,3)4;7-10(8,9)6-4-2-1-3-5-6;;;/h6-8,10-11,13H,5,9H2,1-4H3,(H,17,20)(H,18,19);2*3-5,7-8,10H,2,6,12H2,1H3,(H,13,14);7H,5-6H2,1-4H3,(H,11,14)(H,12,13);1-5H,(H2,7,8,9);2*1H;/t13-;2*10-;7-;;;;/m0000..../s1/i;;;;;1D;;. The minimum Gasteiger partial charge on any atom is -0.480 e. The molecule has 0 spiro atoms. The number of alkyl carbamates (subject to hydrolysis) is 2. The zero-order valence-electron chi connectivity index (χ0n) is 50.8. The molecule has 0 aliphatic carbocycles. The second kappa shape index (κ2) is 42.3. The number of hydrogen-bond donors (Lipinski definition) is 9. The molecule has 4 aromatic rings. The van der Waals surface area contributed by atoms with Gasteiger partial charge in [0, 0.05) is 39.5 Å². The van der Waals surface area contributed by atoms with Crippen molar-refractivity contribution in [3.8, 4) is 0 Å². The van der Waals surface area contributed by atoms with Gasteiger partial charge in [-0.25, -0.2) is 67.4 Å². The third-order valence-electron chi connectivity index (χ3n) is 9.96. The summed E-state index contributed by atoms with van der Waals surface area (Å²) >= 11 is 0. The number of amides is 5. The second-order valence-corrected chi connectivity index (χ2v) is 26.4. The van der Waals surface area contributed by atoms with E-state index in [1.807, 2.05) is 41.9 Å². The quantitative estimate of drug-likeness (QED) is 0.0478. The molecule has 0 aliphatic heterocycles. The van der Waals surface area contributed by atoms with E-state index in [2.05, 4.69) is 19.0 Å². The Morgan fingerprint density at radius 2 is 0.721 bits per heavy atom. The van der Waals surface area contributed by atoms with Crippen LogP contribution in [0.2, 0.25) is 0 Å². The number of carboxylic acid groups (broad SMARTS) is 1. The Morgan fingerprint density at radius 1 is 0.477 bits per heavy atom. The number of rotatable bonds is 21. The van der Waals surface area contributed by atoms with Crippen molar-refractivity contribution in [2.24, 2.45) is 16.6 Å². The second-order valence-electron chi connectivity index (χ2n) is 19.8. The summed E-state index contributed by atoms with van der Waals surface area (Å²) in [5, 5.41) is 18.3. The van der Waals surface area contributed by atoms with E-state index in [0.29, 0.717) is 32.1 Å². The van der Waals surface area contributed by atoms with E-state index in [1.165, 1.54) is 48.5 Å². The van der Waals surface area contributed by atoms with Gasteiger partial charge in [0.1, 0.15) is 23.3 Å². The first-order valence-corrected chi connectivity index (χ1v) is 32.0. The zero-order chi connectivity index (χ0) is 65.8. The summed E-state index contributed by atoms with van der Waals surface area (Å²) in [4.78, 5) is 69.3. The predicted molar refractivity (Wildman–Crippen MR) is 327 cm³/mol. The van der Waals surface area contributed by atoms with E-state index in [-0.39, 0.29) is 69.5 Å². The number of nitrogens with two attached hydrogens (primary N) is 3. The van der Waals surface area contributed by atoms with Gasteiger partial charge in [-0.15, -0.1) is 12.4 Å². The average Bonchev–Trinajstić information content (AvgIpc) is 3.21. The maximum absolute atomic E-state index is 12.3. The van der Waals surface area contributed by atoms with Gasteiger partial charge in [-0.05, 0) is 117 Å². The summed E-state index contributed by atoms with van der Waals surface area (Å²) in [5.41, 5.74) is 9.75. The SMILES string of the molecule is CCC[C@H](N)C(=O)NS(=O)(=O)c1ccccc1.CCC[C@H](N)C(=O)NS(=O)(=O)c1ccccc1.CCC[C@H](NC(=O)OC(C)(C)C)C(=O)NS(=O)(=O)c1ccccc1.CCC[C@H](NC(=O)OC(C)(C)C)C(=O)O.Cl.NS(=O)(=O)c1ccccc1.[2H][B].[U]. The summed E-state index contributed by atoms with van der Waals surface area (Å²) < 4.78 is 114. The molecule has 4 rings (SSSR count). The van der Waals surface area contributed by atoms with Crippen LogP contribution >= 0.6 is 12.4 Å². The van der Waals surface area contributed by atoms with Gasteiger partial charge in [0.25, 0.3) is 47.8 Å². The van der Waals surface area contributed by atoms with Crippen LogP contribution in [0, 0.1) is 31.1 Å². The van der Waals surface area contributed by atoms with Crippen LogP contribution in [0.15, 0.2) is 141 Å². The largest absolute Gasteiger partial charge is 0.480 e. The molecular weight excluding hydrogens is 1450 g/mol. The molecule has 0 aliphatic rings. The van der Waals surface area contributed by atoms with Crippen LogP contribution in [-0.2, 0) is 68.7 Å². The van der Waals surface area contributed by atoms with E-state index in [9.17, 15) is 62.4 Å². The summed E-state index contributed by atoms with van der Waals surface area (Å²) in [6.07, 6.45) is 2.85. The maximum Gasteiger partial charge on any atom is 0.408 e. The number of carboxylic acids is 1. The fraction of sp³-hybridized carbons (Fsp3) is 0.444. The number of hydrogen-bond acceptors (Lipinski definition) is 18. The Morgan fingerprint density at radius 3 is 0.953 bits per heavy atom. The molecule has 0 aromatic heterocycles. The molecule has 5 amide bonds. The number of primary sulfonamides is 1. The summed E-state index contributed by atoms with van der Waals surface area (Å²) in [6.45, 7) is 17.7. The van der Waals surface area contributed by atoms with Crippen molar-refractivity contribution in [1.82, 2.24) is 24.8 Å². The van der Waals surface area contributed by atoms with Crippen molar-refractivity contribution in [3.05, 3.63) is 121 Å². The predicted octanol–water partition coefficient (Wildman–Crippen LogP) is 5.29. The Kier molecular flexibility index (Phi) is 41.6. The Labute approximate surface area is 540 Å². The number of nitrogens with one attached hydrogen (secondary N) is 5. The summed E-state index contributed by atoms with van der Waals surface area (Å²) in [7, 11) is -11.3. The van der Waals surface area contributed by atoms with Crippen molar-refractivity contribution in [3.63, 3.8) is 0 Å². The number of sulfonamides is 4. The number of carbonyl (C=O) groups excluding carboxylic acids is 5. The van der Waals surface area contributed by atoms with Crippen LogP contribution < -0.4 is 41.4 Å². The fourth-order valence-electron chi connectivity index (χ4n) is 6.09. The number of benzene rings is 4. The fourth-order valence-corrected chi connectivity index (χ4v) is 9.77. The number of carbonyl (C=O) groups is 6. The first-order chi connectivity index (χ1) is 39.4. The van der Waals surface area contributed by atoms with Gasteiger partial charge in [-0.1, -0.05) is 126 Å². The Bertz CT molecular complexity index is 3040. The summed E-state index contributed by atoms with van der Waals surface area (Å²) in [5.74, 6) is -3.18. The van der Waals surface area contributed by atoms with Gasteiger partial charge in [-0.2, -0.15) is 0 Å². The van der Waals surface area contributed by atoms with Gasteiger partial charge in [-0.3, -0.25) is 14.4 Å². The summed E-state index contributed by atoms with van der Waals surface area (Å²) in [6, 6.07) is 27.4. The Balaban J connectivity index is -0.000000499. The molecule has 480 valence electrons. The zero-order valence-corrected chi connectivity index (χ0v) is 58.1. The van der Waals surface area contributed by atoms with Crippen LogP contribution in [0.1, 0.15) is 121 Å². The number of ether oxygens (including phenoxy) is 2. The van der Waals surface area contributed by atoms with Crippen LogP contribution in [0.25, 0.3) is 0 Å². The van der Waals surface area contributed by atoms with Gasteiger partial charge >= 0.3 is 18.2 Å². The van der Waals surface area contributed by atoms with Gasteiger partial charge in [0.2, 0.25) is 10.0 Å². The molecule has 2 radical (unpaired) electrons. The van der Waals surface area contributed by atoms with E-state index < -0.39 is 111 Å². The van der Waals surface area contributed by atoms with Crippen LogP contribution in [0.4, 0.5) is 9.59 Å². The molecule has 12 N–H and O–H groups in total. The third kappa shape index (κ3) is 37.8. The minimum atomic E-state index is -3.99. The minimum absolute atomic E-state index is 0. The van der Waals surface area contributed by atoms with Crippen molar-refractivity contribution >= 4 is 96.8 Å². The van der Waals surface area contributed by atoms with Crippen molar-refractivity contribution in [2.75, 3.05) is 0 Å². The van der Waals surface area contributed by atoms with Gasteiger partial charge in [0.15, 0.2) is 0 Å². The molecule has 0 bridgehead atoms. The van der Waals surface area contributed by atoms with Crippen LogP contribution in [0.3, 0.4) is 0 Å². The molecule has 4 aromatic carbocycles. The molecule has 0 heterocycles. The van der Waals surface area contributed by atoms with Crippen molar-refractivity contribution in [2.45, 2.75) is 176 Å². The van der Waals surface area contributed by atoms with Crippen LogP contribution in [0.5, 0.6) is 0 Å². The molecule has 0 unspecified atom stereocenters. The molecule has 25 nitrogen and oxygen atoms in total. The number of halogens is 1. The van der Waals surface area contributed by atoms with Crippen molar-refractivity contribution < 1.29 is 108 Å². The number of aliphatic carboxylic acids is 1. The molecular formula is C54H84BClN8O17S4U. The van der Waals surface area contributed by atoms with Gasteiger partial charge < -0.3 is 36.7 Å². The molecule has 86 heavy (non-hydrogen) atoms. The molecule has 0 fully saturated rings. The Hall–Kier alpha value is -5.61. The molecule has 0 saturated heterocycles. The average molecular weight is 1530 g/mol. The van der Waals surface area contributed by atoms with Crippen LogP contribution in [-0.4, -0.2) is 120 Å². The topological polar surface area (TPSA) is 416 Å². The molecule has 0 saturated carbocycles. The van der Waals surface area contributed by atoms with E-state index in [0.717, 1.165) is 12.8 Å². The molecule has 32 heteroatoms. The molecule has 4 atom stereocenters. The third-order valence-corrected chi connectivity index (χ3v) is 15.0. The van der Waals surface area contributed by atoms with Gasteiger partial charge in [0.05, 0.1) is 31.7 Å². The first-order valence-electron chi connectivity index (χ1n) is 26.6. The normalized spacial score (nSPS) is 12.5. The maximum atomic E-state index is 12.3. The smallest absolute Gasteiger partial charge is 0.408 e. The van der Waals surface area contributed by atoms with E-state index >= 15 is 0 Å². The first kappa shape index (κ1) is 84.6. The van der Waals surface area contributed by atoms with Crippen molar-refractivity contribution in [1.29, 1.82) is 1.34 Å². The monoisotopic (exact) mass is 1530 g/mol. The van der Waals surface area contributed by atoms with E-state index in [1.54, 1.807) is 114 Å². The van der Waals surface area contributed by atoms with E-state index in [4.69, 9.17) is 32.5 Å².